The fourth-order valence-corrected chi connectivity index (χ4v) is 1.59. The Kier molecular flexibility index (Phi) is 8.22. The zero-order valence-electron chi connectivity index (χ0n) is 13.4. The Bertz CT molecular complexity index is 313. The molecule has 2 unspecified atom stereocenters. The lowest BCUT2D eigenvalue weighted by molar-refractivity contribution is -0.143. The average Bonchev–Trinajstić information content (AvgIpc) is 2.31. The molecular formula is C14H28N2O4. The van der Waals surface area contributed by atoms with E-state index in [0.717, 1.165) is 0 Å². The Balaban J connectivity index is 3.96. The van der Waals surface area contributed by atoms with E-state index in [4.69, 9.17) is 4.74 Å². The van der Waals surface area contributed by atoms with E-state index in [-0.39, 0.29) is 18.1 Å². The first kappa shape index (κ1) is 18.7. The summed E-state index contributed by atoms with van der Waals surface area (Å²) in [5, 5.41) is 5.86. The number of rotatable bonds is 7. The molecule has 0 aromatic rings. The van der Waals surface area contributed by atoms with Crippen LogP contribution in [0.1, 0.15) is 47.5 Å². The molecule has 0 aliphatic rings. The molecule has 2 atom stereocenters. The van der Waals surface area contributed by atoms with Crippen molar-refractivity contribution in [3.05, 3.63) is 0 Å². The molecule has 1 amide bonds. The maximum absolute atomic E-state index is 11.5. The van der Waals surface area contributed by atoms with Gasteiger partial charge in [-0.2, -0.15) is 0 Å². The number of esters is 1. The molecule has 0 radical (unpaired) electrons. The predicted octanol–water partition coefficient (Wildman–Crippen LogP) is 1.83. The lowest BCUT2D eigenvalue weighted by Gasteiger charge is -2.22. The van der Waals surface area contributed by atoms with Crippen molar-refractivity contribution in [3.63, 3.8) is 0 Å². The van der Waals surface area contributed by atoms with Crippen LogP contribution in [0.3, 0.4) is 0 Å². The van der Waals surface area contributed by atoms with Gasteiger partial charge in [-0.1, -0.05) is 6.92 Å². The number of hydrogen-bond acceptors (Lipinski definition) is 5. The normalized spacial score (nSPS) is 14.3. The second kappa shape index (κ2) is 8.79. The van der Waals surface area contributed by atoms with Crippen LogP contribution in [0.5, 0.6) is 0 Å². The van der Waals surface area contributed by atoms with Gasteiger partial charge < -0.3 is 20.1 Å². The zero-order chi connectivity index (χ0) is 15.8. The highest BCUT2D eigenvalue weighted by Crippen LogP contribution is 2.07. The Morgan fingerprint density at radius 2 is 1.85 bits per heavy atom. The molecule has 2 N–H and O–H groups in total. The Hall–Kier alpha value is -1.30. The van der Waals surface area contributed by atoms with Gasteiger partial charge in [0.1, 0.15) is 11.6 Å². The summed E-state index contributed by atoms with van der Waals surface area (Å²) < 4.78 is 9.86. The lowest BCUT2D eigenvalue weighted by Crippen LogP contribution is -2.42. The van der Waals surface area contributed by atoms with Gasteiger partial charge in [-0.05, 0) is 47.1 Å². The minimum absolute atomic E-state index is 0.0347. The van der Waals surface area contributed by atoms with Crippen LogP contribution in [0.4, 0.5) is 4.79 Å². The number of carbonyl (C=O) groups excluding carboxylic acids is 2. The smallest absolute Gasteiger partial charge is 0.407 e. The zero-order valence-corrected chi connectivity index (χ0v) is 13.4. The van der Waals surface area contributed by atoms with Crippen molar-refractivity contribution in [1.29, 1.82) is 0 Å². The highest BCUT2D eigenvalue weighted by atomic mass is 16.6. The first-order valence-electron chi connectivity index (χ1n) is 7.00. The van der Waals surface area contributed by atoms with Crippen LogP contribution >= 0.6 is 0 Å². The van der Waals surface area contributed by atoms with E-state index in [9.17, 15) is 9.59 Å². The van der Waals surface area contributed by atoms with Gasteiger partial charge in [0, 0.05) is 6.04 Å². The fraction of sp³-hybridized carbons (Fsp3) is 0.857. The Labute approximate surface area is 121 Å². The molecule has 6 heteroatoms. The van der Waals surface area contributed by atoms with E-state index < -0.39 is 11.7 Å². The van der Waals surface area contributed by atoms with E-state index in [1.54, 1.807) is 0 Å². The van der Waals surface area contributed by atoms with E-state index in [2.05, 4.69) is 15.4 Å². The van der Waals surface area contributed by atoms with Crippen molar-refractivity contribution >= 4 is 12.1 Å². The monoisotopic (exact) mass is 288 g/mol. The van der Waals surface area contributed by atoms with Gasteiger partial charge in [0.2, 0.25) is 0 Å². The van der Waals surface area contributed by atoms with Gasteiger partial charge in [-0.25, -0.2) is 4.79 Å². The van der Waals surface area contributed by atoms with Crippen LogP contribution in [0.2, 0.25) is 0 Å². The summed E-state index contributed by atoms with van der Waals surface area (Å²) in [5.41, 5.74) is -0.500. The second-order valence-corrected chi connectivity index (χ2v) is 5.77. The Morgan fingerprint density at radius 3 is 2.30 bits per heavy atom. The second-order valence-electron chi connectivity index (χ2n) is 5.77. The molecule has 0 heterocycles. The third-order valence-electron chi connectivity index (χ3n) is 2.63. The number of hydrogen-bond donors (Lipinski definition) is 2. The van der Waals surface area contributed by atoms with Crippen LogP contribution in [-0.4, -0.2) is 43.4 Å². The largest absolute Gasteiger partial charge is 0.468 e. The van der Waals surface area contributed by atoms with Gasteiger partial charge in [0.05, 0.1) is 7.11 Å². The minimum atomic E-state index is -0.500. The van der Waals surface area contributed by atoms with Gasteiger partial charge in [0.25, 0.3) is 0 Å². The van der Waals surface area contributed by atoms with Crippen LogP contribution < -0.4 is 10.6 Å². The molecule has 20 heavy (non-hydrogen) atoms. The standard InChI is InChI=1S/C14H28N2O4/c1-7-11(12(17)19-6)15-9-8-10(2)16-13(18)20-14(3,4)5/h10-11,15H,7-9H2,1-6H3,(H,16,18). The summed E-state index contributed by atoms with van der Waals surface area (Å²) in [7, 11) is 1.37. The molecule has 0 fully saturated rings. The number of carbonyl (C=O) groups is 2. The molecule has 118 valence electrons. The number of amides is 1. The molecule has 0 spiro atoms. The van der Waals surface area contributed by atoms with Gasteiger partial charge in [0.15, 0.2) is 0 Å². The fourth-order valence-electron chi connectivity index (χ4n) is 1.59. The molecule has 0 saturated carbocycles. The summed E-state index contributed by atoms with van der Waals surface area (Å²) in [6.07, 6.45) is 0.942. The molecule has 0 aromatic carbocycles. The number of nitrogens with one attached hydrogen (secondary N) is 2. The highest BCUT2D eigenvalue weighted by molar-refractivity contribution is 5.75. The van der Waals surface area contributed by atoms with Gasteiger partial charge >= 0.3 is 12.1 Å². The minimum Gasteiger partial charge on any atom is -0.468 e. The molecular weight excluding hydrogens is 260 g/mol. The number of ether oxygens (including phenoxy) is 2. The van der Waals surface area contributed by atoms with Gasteiger partial charge in [-0.15, -0.1) is 0 Å². The molecule has 0 saturated heterocycles. The van der Waals surface area contributed by atoms with Crippen LogP contribution in [0.15, 0.2) is 0 Å². The topological polar surface area (TPSA) is 76.7 Å². The summed E-state index contributed by atoms with van der Waals surface area (Å²) in [6, 6.07) is -0.332. The first-order chi connectivity index (χ1) is 9.19. The van der Waals surface area contributed by atoms with Crippen molar-refractivity contribution in [1.82, 2.24) is 10.6 Å². The number of methoxy groups -OCH3 is 1. The third-order valence-corrected chi connectivity index (χ3v) is 2.63. The maximum atomic E-state index is 11.5. The molecule has 6 nitrogen and oxygen atoms in total. The molecule has 0 aliphatic heterocycles. The first-order valence-corrected chi connectivity index (χ1v) is 7.00. The van der Waals surface area contributed by atoms with Crippen molar-refractivity contribution in [3.8, 4) is 0 Å². The van der Waals surface area contributed by atoms with Crippen LogP contribution in [0.25, 0.3) is 0 Å². The van der Waals surface area contributed by atoms with E-state index in [0.29, 0.717) is 19.4 Å². The van der Waals surface area contributed by atoms with Crippen LogP contribution in [-0.2, 0) is 14.3 Å². The van der Waals surface area contributed by atoms with E-state index in [1.165, 1.54) is 7.11 Å². The van der Waals surface area contributed by atoms with E-state index >= 15 is 0 Å². The summed E-state index contributed by atoms with van der Waals surface area (Å²) in [5.74, 6) is -0.264. The molecule has 0 aliphatic carbocycles. The van der Waals surface area contributed by atoms with Crippen molar-refractivity contribution in [2.24, 2.45) is 0 Å². The number of alkyl carbamates (subject to hydrolysis) is 1. The van der Waals surface area contributed by atoms with Crippen molar-refractivity contribution in [2.45, 2.75) is 65.1 Å². The highest BCUT2D eigenvalue weighted by Gasteiger charge is 2.19. The van der Waals surface area contributed by atoms with Crippen molar-refractivity contribution in [2.75, 3.05) is 13.7 Å². The summed E-state index contributed by atoms with van der Waals surface area (Å²) >= 11 is 0. The average molecular weight is 288 g/mol. The van der Waals surface area contributed by atoms with Crippen molar-refractivity contribution < 1.29 is 19.1 Å². The van der Waals surface area contributed by atoms with E-state index in [1.807, 2.05) is 34.6 Å². The summed E-state index contributed by atoms with van der Waals surface area (Å²) in [6.45, 7) is 9.88. The van der Waals surface area contributed by atoms with Gasteiger partial charge in [-0.3, -0.25) is 4.79 Å². The third kappa shape index (κ3) is 8.74. The molecule has 0 bridgehead atoms. The summed E-state index contributed by atoms with van der Waals surface area (Å²) in [4.78, 5) is 22.9. The predicted molar refractivity (Wildman–Crippen MR) is 77.5 cm³/mol. The SMILES string of the molecule is CCC(NCCC(C)NC(=O)OC(C)(C)C)C(=O)OC. The molecule has 0 rings (SSSR count). The molecule has 0 aromatic heterocycles. The maximum Gasteiger partial charge on any atom is 0.407 e. The Morgan fingerprint density at radius 1 is 1.25 bits per heavy atom. The van der Waals surface area contributed by atoms with Crippen LogP contribution in [0, 0.1) is 0 Å². The lowest BCUT2D eigenvalue weighted by atomic mass is 10.2. The quantitative estimate of drug-likeness (QED) is 0.699.